The van der Waals surface area contributed by atoms with Gasteiger partial charge >= 0.3 is 6.09 Å². The minimum absolute atomic E-state index is 0.327. The van der Waals surface area contributed by atoms with Crippen molar-refractivity contribution in [3.63, 3.8) is 0 Å². The van der Waals surface area contributed by atoms with Gasteiger partial charge in [0.2, 0.25) is 0 Å². The highest BCUT2D eigenvalue weighted by Crippen LogP contribution is 2.22. The lowest BCUT2D eigenvalue weighted by atomic mass is 10.0. The average molecular weight is 194 g/mol. The van der Waals surface area contributed by atoms with E-state index in [1.54, 1.807) is 0 Å². The molecule has 0 aliphatic carbocycles. The van der Waals surface area contributed by atoms with E-state index in [-0.39, 0.29) is 13.0 Å². The van der Waals surface area contributed by atoms with E-state index in [1.807, 2.05) is 0 Å². The van der Waals surface area contributed by atoms with E-state index in [2.05, 4.69) is 15.4 Å². The predicted molar refractivity (Wildman–Crippen MR) is 41.8 cm³/mol. The molecular formula is C7H12F2N2O2. The van der Waals surface area contributed by atoms with Crippen molar-refractivity contribution < 1.29 is 18.3 Å². The summed E-state index contributed by atoms with van der Waals surface area (Å²) in [5.74, 6) is -2.75. The minimum Gasteiger partial charge on any atom is -0.453 e. The maximum Gasteiger partial charge on any atom is 0.407 e. The first kappa shape index (κ1) is 10.2. The summed E-state index contributed by atoms with van der Waals surface area (Å²) < 4.78 is 29.8. The number of hydrogen-bond donors (Lipinski definition) is 2. The summed E-state index contributed by atoms with van der Waals surface area (Å²) in [5.41, 5.74) is 0. The van der Waals surface area contributed by atoms with Gasteiger partial charge in [0.25, 0.3) is 5.92 Å². The van der Waals surface area contributed by atoms with E-state index in [0.29, 0.717) is 6.54 Å². The van der Waals surface area contributed by atoms with E-state index in [1.165, 1.54) is 7.11 Å². The summed E-state index contributed by atoms with van der Waals surface area (Å²) in [7, 11) is 1.20. The normalized spacial score (nSPS) is 26.5. The summed E-state index contributed by atoms with van der Waals surface area (Å²) >= 11 is 0. The molecule has 0 aromatic heterocycles. The Hall–Kier alpha value is -0.910. The number of carbonyl (C=O) groups is 1. The Morgan fingerprint density at radius 1 is 1.69 bits per heavy atom. The van der Waals surface area contributed by atoms with Gasteiger partial charge in [0.1, 0.15) is 0 Å². The van der Waals surface area contributed by atoms with Gasteiger partial charge in [-0.15, -0.1) is 0 Å². The number of amides is 1. The van der Waals surface area contributed by atoms with E-state index < -0.39 is 18.1 Å². The number of rotatable bonds is 1. The van der Waals surface area contributed by atoms with Crippen molar-refractivity contribution >= 4 is 6.09 Å². The first-order valence-corrected chi connectivity index (χ1v) is 3.96. The van der Waals surface area contributed by atoms with Gasteiger partial charge in [-0.25, -0.2) is 13.6 Å². The third-order valence-corrected chi connectivity index (χ3v) is 1.83. The van der Waals surface area contributed by atoms with Gasteiger partial charge in [-0.2, -0.15) is 0 Å². The quantitative estimate of drug-likeness (QED) is 0.632. The molecule has 1 atom stereocenters. The molecule has 0 radical (unpaired) electrons. The molecule has 1 amide bonds. The highest BCUT2D eigenvalue weighted by atomic mass is 19.3. The summed E-state index contributed by atoms with van der Waals surface area (Å²) in [6, 6.07) is -0.559. The second kappa shape index (κ2) is 3.87. The van der Waals surface area contributed by atoms with Crippen LogP contribution in [0.3, 0.4) is 0 Å². The fourth-order valence-corrected chi connectivity index (χ4v) is 1.26. The van der Waals surface area contributed by atoms with Crippen LogP contribution < -0.4 is 10.6 Å². The standard InChI is InChI=1S/C7H12F2N2O2/c1-13-6(12)11-5-2-7(8,9)4-10-3-5/h5,10H,2-4H2,1H3,(H,11,12). The lowest BCUT2D eigenvalue weighted by molar-refractivity contribution is -0.0304. The largest absolute Gasteiger partial charge is 0.453 e. The Morgan fingerprint density at radius 3 is 2.92 bits per heavy atom. The number of ether oxygens (including phenoxy) is 1. The Labute approximate surface area is 74.6 Å². The zero-order valence-electron chi connectivity index (χ0n) is 7.27. The molecule has 0 bridgehead atoms. The van der Waals surface area contributed by atoms with Crippen LogP contribution in [0.5, 0.6) is 0 Å². The fraction of sp³-hybridized carbons (Fsp3) is 0.857. The first-order valence-electron chi connectivity index (χ1n) is 3.96. The van der Waals surface area contributed by atoms with E-state index >= 15 is 0 Å². The van der Waals surface area contributed by atoms with Crippen LogP contribution in [0.25, 0.3) is 0 Å². The summed E-state index contributed by atoms with van der Waals surface area (Å²) in [6.45, 7) is 0.0248. The van der Waals surface area contributed by atoms with Gasteiger partial charge in [0.05, 0.1) is 19.7 Å². The second-order valence-electron chi connectivity index (χ2n) is 3.02. The van der Waals surface area contributed by atoms with Gasteiger partial charge in [-0.1, -0.05) is 0 Å². The Bertz CT molecular complexity index is 199. The molecule has 0 spiro atoms. The molecule has 1 saturated heterocycles. The molecule has 76 valence electrons. The molecule has 6 heteroatoms. The molecule has 1 fully saturated rings. The number of alkyl carbamates (subject to hydrolysis) is 1. The van der Waals surface area contributed by atoms with Crippen LogP contribution in [-0.2, 0) is 4.74 Å². The maximum atomic E-state index is 12.8. The summed E-state index contributed by atoms with van der Waals surface area (Å²) in [6.07, 6.45) is -1.01. The van der Waals surface area contributed by atoms with E-state index in [9.17, 15) is 13.6 Å². The molecule has 0 aromatic rings. The number of halogens is 2. The molecule has 1 heterocycles. The van der Waals surface area contributed by atoms with Crippen LogP contribution >= 0.6 is 0 Å². The zero-order valence-corrected chi connectivity index (χ0v) is 7.27. The zero-order chi connectivity index (χ0) is 9.90. The smallest absolute Gasteiger partial charge is 0.407 e. The molecule has 1 unspecified atom stereocenters. The average Bonchev–Trinajstić information content (AvgIpc) is 2.02. The number of hydrogen-bond acceptors (Lipinski definition) is 3. The second-order valence-corrected chi connectivity index (χ2v) is 3.02. The monoisotopic (exact) mass is 194 g/mol. The van der Waals surface area contributed by atoms with Crippen LogP contribution in [0.15, 0.2) is 0 Å². The van der Waals surface area contributed by atoms with E-state index in [0.717, 1.165) is 0 Å². The highest BCUT2D eigenvalue weighted by molar-refractivity contribution is 5.67. The molecule has 13 heavy (non-hydrogen) atoms. The van der Waals surface area contributed by atoms with Crippen molar-refractivity contribution in [2.75, 3.05) is 20.2 Å². The molecule has 1 aliphatic heterocycles. The third-order valence-electron chi connectivity index (χ3n) is 1.83. The summed E-state index contributed by atoms with van der Waals surface area (Å²) in [5, 5.41) is 4.85. The van der Waals surface area contributed by atoms with Crippen molar-refractivity contribution in [1.29, 1.82) is 0 Å². The third kappa shape index (κ3) is 3.14. The summed E-state index contributed by atoms with van der Waals surface area (Å²) in [4.78, 5) is 10.7. The van der Waals surface area contributed by atoms with Crippen LogP contribution in [0.4, 0.5) is 13.6 Å². The number of carbonyl (C=O) groups excluding carboxylic acids is 1. The van der Waals surface area contributed by atoms with Gasteiger partial charge in [0.15, 0.2) is 0 Å². The topological polar surface area (TPSA) is 50.4 Å². The van der Waals surface area contributed by atoms with Gasteiger partial charge in [0, 0.05) is 13.0 Å². The molecule has 1 aliphatic rings. The minimum atomic E-state index is -2.75. The van der Waals surface area contributed by atoms with Crippen LogP contribution in [-0.4, -0.2) is 38.3 Å². The molecular weight excluding hydrogens is 182 g/mol. The van der Waals surface area contributed by atoms with Gasteiger partial charge < -0.3 is 15.4 Å². The Balaban J connectivity index is 2.39. The van der Waals surface area contributed by atoms with Crippen molar-refractivity contribution in [3.05, 3.63) is 0 Å². The van der Waals surface area contributed by atoms with Gasteiger partial charge in [-0.05, 0) is 0 Å². The SMILES string of the molecule is COC(=O)NC1CNCC(F)(F)C1. The van der Waals surface area contributed by atoms with Crippen LogP contribution in [0.1, 0.15) is 6.42 Å². The Morgan fingerprint density at radius 2 is 2.38 bits per heavy atom. The number of nitrogens with one attached hydrogen (secondary N) is 2. The van der Waals surface area contributed by atoms with Crippen molar-refractivity contribution in [2.45, 2.75) is 18.4 Å². The van der Waals surface area contributed by atoms with Gasteiger partial charge in [-0.3, -0.25) is 0 Å². The maximum absolute atomic E-state index is 12.8. The number of piperidine rings is 1. The molecule has 0 saturated carbocycles. The van der Waals surface area contributed by atoms with Crippen molar-refractivity contribution in [2.24, 2.45) is 0 Å². The number of alkyl halides is 2. The number of methoxy groups -OCH3 is 1. The van der Waals surface area contributed by atoms with Crippen molar-refractivity contribution in [3.8, 4) is 0 Å². The van der Waals surface area contributed by atoms with Crippen LogP contribution in [0, 0.1) is 0 Å². The van der Waals surface area contributed by atoms with Crippen LogP contribution in [0.2, 0.25) is 0 Å². The fourth-order valence-electron chi connectivity index (χ4n) is 1.26. The molecule has 1 rings (SSSR count). The molecule has 2 N–H and O–H groups in total. The lowest BCUT2D eigenvalue weighted by Crippen LogP contribution is -2.53. The molecule has 0 aromatic carbocycles. The predicted octanol–water partition coefficient (Wildman–Crippen LogP) is 0.340. The molecule has 4 nitrogen and oxygen atoms in total. The first-order chi connectivity index (χ1) is 6.03. The van der Waals surface area contributed by atoms with Crippen molar-refractivity contribution in [1.82, 2.24) is 10.6 Å². The highest BCUT2D eigenvalue weighted by Gasteiger charge is 2.36. The van der Waals surface area contributed by atoms with E-state index in [4.69, 9.17) is 0 Å². The Kier molecular flexibility index (Phi) is 3.02. The lowest BCUT2D eigenvalue weighted by Gasteiger charge is -2.29.